The highest BCUT2D eigenvalue weighted by atomic mass is 32.2. The van der Waals surface area contributed by atoms with E-state index in [1.165, 1.54) is 38.2 Å². The van der Waals surface area contributed by atoms with Crippen molar-refractivity contribution < 1.29 is 12.8 Å². The van der Waals surface area contributed by atoms with E-state index in [1.54, 1.807) is 6.07 Å². The zero-order valence-electron chi connectivity index (χ0n) is 10.4. The quantitative estimate of drug-likeness (QED) is 0.770. The van der Waals surface area contributed by atoms with E-state index in [9.17, 15) is 8.42 Å². The molecule has 1 aromatic rings. The third kappa shape index (κ3) is 3.83. The second kappa shape index (κ2) is 5.86. The van der Waals surface area contributed by atoms with Crippen LogP contribution in [0.2, 0.25) is 0 Å². The molecule has 1 fully saturated rings. The molecule has 1 heterocycles. The van der Waals surface area contributed by atoms with Gasteiger partial charge < -0.3 is 9.73 Å². The molecule has 2 rings (SSSR count). The van der Waals surface area contributed by atoms with Crippen LogP contribution in [0, 0.1) is 5.92 Å². The summed E-state index contributed by atoms with van der Waals surface area (Å²) < 4.78 is 27.2. The van der Waals surface area contributed by atoms with Gasteiger partial charge in [0.2, 0.25) is 5.09 Å². The topological polar surface area (TPSA) is 85.3 Å². The van der Waals surface area contributed by atoms with Crippen LogP contribution in [-0.2, 0) is 16.6 Å². The molecule has 3 N–H and O–H groups in total. The van der Waals surface area contributed by atoms with Crippen molar-refractivity contribution in [3.05, 3.63) is 17.9 Å². The molecule has 6 heteroatoms. The molecule has 1 aromatic heterocycles. The molecule has 0 bridgehead atoms. The summed E-state index contributed by atoms with van der Waals surface area (Å²) in [4.78, 5) is 0. The molecule has 1 aliphatic carbocycles. The Morgan fingerprint density at radius 2 is 2.06 bits per heavy atom. The number of sulfonamides is 1. The summed E-state index contributed by atoms with van der Waals surface area (Å²) in [6, 6.07) is 3.03. The highest BCUT2D eigenvalue weighted by Gasteiger charge is 2.15. The van der Waals surface area contributed by atoms with Crippen molar-refractivity contribution in [1.82, 2.24) is 5.32 Å². The summed E-state index contributed by atoms with van der Waals surface area (Å²) >= 11 is 0. The third-order valence-corrected chi connectivity index (χ3v) is 4.20. The first kappa shape index (κ1) is 13.6. The van der Waals surface area contributed by atoms with Gasteiger partial charge in [-0.3, -0.25) is 0 Å². The van der Waals surface area contributed by atoms with Gasteiger partial charge in [-0.2, -0.15) is 0 Å². The molecule has 0 atom stereocenters. The fourth-order valence-corrected chi connectivity index (χ4v) is 2.90. The van der Waals surface area contributed by atoms with Gasteiger partial charge in [-0.1, -0.05) is 25.7 Å². The number of hydrogen-bond donors (Lipinski definition) is 2. The van der Waals surface area contributed by atoms with Crippen LogP contribution in [0.4, 0.5) is 0 Å². The van der Waals surface area contributed by atoms with Crippen molar-refractivity contribution in [3.8, 4) is 0 Å². The number of nitrogens with one attached hydrogen (secondary N) is 1. The van der Waals surface area contributed by atoms with E-state index in [2.05, 4.69) is 5.32 Å². The van der Waals surface area contributed by atoms with Crippen molar-refractivity contribution >= 4 is 10.0 Å². The minimum absolute atomic E-state index is 0.171. The number of furan rings is 1. The van der Waals surface area contributed by atoms with E-state index in [1.807, 2.05) is 0 Å². The van der Waals surface area contributed by atoms with Gasteiger partial charge in [-0.15, -0.1) is 0 Å². The molecular weight excluding hydrogens is 252 g/mol. The summed E-state index contributed by atoms with van der Waals surface area (Å²) in [7, 11) is -3.72. The first-order chi connectivity index (χ1) is 8.55. The Morgan fingerprint density at radius 1 is 1.33 bits per heavy atom. The molecular formula is C12H20N2O3S. The van der Waals surface area contributed by atoms with Gasteiger partial charge in [0, 0.05) is 0 Å². The van der Waals surface area contributed by atoms with Gasteiger partial charge in [0.1, 0.15) is 5.76 Å². The van der Waals surface area contributed by atoms with Crippen molar-refractivity contribution in [1.29, 1.82) is 0 Å². The first-order valence-corrected chi connectivity index (χ1v) is 7.92. The predicted octanol–water partition coefficient (Wildman–Crippen LogP) is 1.60. The molecule has 5 nitrogen and oxygen atoms in total. The first-order valence-electron chi connectivity index (χ1n) is 6.38. The Hall–Kier alpha value is -0.850. The van der Waals surface area contributed by atoms with E-state index < -0.39 is 10.0 Å². The van der Waals surface area contributed by atoms with Crippen LogP contribution >= 0.6 is 0 Å². The molecule has 0 saturated heterocycles. The molecule has 1 saturated carbocycles. The summed E-state index contributed by atoms with van der Waals surface area (Å²) in [5, 5.41) is 8.06. The van der Waals surface area contributed by atoms with Gasteiger partial charge >= 0.3 is 0 Å². The smallest absolute Gasteiger partial charge is 0.271 e. The maximum Gasteiger partial charge on any atom is 0.271 e. The zero-order chi connectivity index (χ0) is 13.0. The molecule has 0 radical (unpaired) electrons. The second-order valence-corrected chi connectivity index (χ2v) is 6.37. The van der Waals surface area contributed by atoms with Gasteiger partial charge in [0.05, 0.1) is 6.54 Å². The second-order valence-electron chi connectivity index (χ2n) is 4.88. The monoisotopic (exact) mass is 272 g/mol. The molecule has 0 unspecified atom stereocenters. The lowest BCUT2D eigenvalue weighted by Crippen LogP contribution is -2.16. The minimum Gasteiger partial charge on any atom is -0.447 e. The lowest BCUT2D eigenvalue weighted by Gasteiger charge is -2.08. The fourth-order valence-electron chi connectivity index (χ4n) is 2.42. The molecule has 0 spiro atoms. The average Bonchev–Trinajstić information content (AvgIpc) is 2.95. The van der Waals surface area contributed by atoms with Crippen LogP contribution in [0.25, 0.3) is 0 Å². The van der Waals surface area contributed by atoms with Crippen LogP contribution in [0.5, 0.6) is 0 Å². The average molecular weight is 272 g/mol. The summed E-state index contributed by atoms with van der Waals surface area (Å²) in [6.07, 6.45) is 6.60. The SMILES string of the molecule is NS(=O)(=O)c1ccc(CNCCC2CCCC2)o1. The van der Waals surface area contributed by atoms with E-state index >= 15 is 0 Å². The van der Waals surface area contributed by atoms with Crippen molar-refractivity contribution in [3.63, 3.8) is 0 Å². The summed E-state index contributed by atoms with van der Waals surface area (Å²) in [6.45, 7) is 1.48. The zero-order valence-corrected chi connectivity index (χ0v) is 11.2. The molecule has 1 aliphatic rings. The van der Waals surface area contributed by atoms with E-state index in [0.29, 0.717) is 12.3 Å². The Balaban J connectivity index is 1.71. The Morgan fingerprint density at radius 3 is 2.67 bits per heavy atom. The van der Waals surface area contributed by atoms with E-state index in [4.69, 9.17) is 9.56 Å². The summed E-state index contributed by atoms with van der Waals surface area (Å²) in [5.41, 5.74) is 0. The number of nitrogens with two attached hydrogens (primary N) is 1. The van der Waals surface area contributed by atoms with Crippen LogP contribution in [0.3, 0.4) is 0 Å². The van der Waals surface area contributed by atoms with Crippen LogP contribution < -0.4 is 10.5 Å². The molecule has 0 amide bonds. The third-order valence-electron chi connectivity index (χ3n) is 3.42. The fraction of sp³-hybridized carbons (Fsp3) is 0.667. The van der Waals surface area contributed by atoms with Crippen LogP contribution in [0.15, 0.2) is 21.6 Å². The number of primary sulfonamides is 1. The number of hydrogen-bond acceptors (Lipinski definition) is 4. The highest BCUT2D eigenvalue weighted by molar-refractivity contribution is 7.89. The molecule has 18 heavy (non-hydrogen) atoms. The predicted molar refractivity (Wildman–Crippen MR) is 68.4 cm³/mol. The molecule has 102 valence electrons. The summed E-state index contributed by atoms with van der Waals surface area (Å²) in [5.74, 6) is 1.46. The van der Waals surface area contributed by atoms with Crippen molar-refractivity contribution in [2.45, 2.75) is 43.7 Å². The standard InChI is InChI=1S/C12H20N2O3S/c13-18(15,16)12-6-5-11(17-12)9-14-8-7-10-3-1-2-4-10/h5-6,10,14H,1-4,7-9H2,(H2,13,15,16). The van der Waals surface area contributed by atoms with Gasteiger partial charge in [0.25, 0.3) is 10.0 Å². The highest BCUT2D eigenvalue weighted by Crippen LogP contribution is 2.26. The van der Waals surface area contributed by atoms with Crippen molar-refractivity contribution in [2.75, 3.05) is 6.54 Å². The maximum absolute atomic E-state index is 11.0. The molecule has 0 aromatic carbocycles. The van der Waals surface area contributed by atoms with E-state index in [-0.39, 0.29) is 5.09 Å². The Kier molecular flexibility index (Phi) is 4.42. The minimum atomic E-state index is -3.72. The van der Waals surface area contributed by atoms with Gasteiger partial charge in [-0.05, 0) is 31.0 Å². The van der Waals surface area contributed by atoms with Crippen LogP contribution in [0.1, 0.15) is 37.9 Å². The van der Waals surface area contributed by atoms with Crippen LogP contribution in [-0.4, -0.2) is 15.0 Å². The van der Waals surface area contributed by atoms with Gasteiger partial charge in [-0.25, -0.2) is 13.6 Å². The van der Waals surface area contributed by atoms with E-state index in [0.717, 1.165) is 12.5 Å². The normalized spacial score (nSPS) is 17.4. The van der Waals surface area contributed by atoms with Gasteiger partial charge in [0.15, 0.2) is 0 Å². The lowest BCUT2D eigenvalue weighted by atomic mass is 10.0. The Labute approximate surface area is 108 Å². The molecule has 0 aliphatic heterocycles. The maximum atomic E-state index is 11.0. The van der Waals surface area contributed by atoms with Crippen molar-refractivity contribution in [2.24, 2.45) is 11.1 Å². The largest absolute Gasteiger partial charge is 0.447 e. The lowest BCUT2D eigenvalue weighted by molar-refractivity contribution is 0.395. The number of rotatable bonds is 6. The Bertz CT molecular complexity index is 475.